The lowest BCUT2D eigenvalue weighted by Gasteiger charge is -2.12. The molecule has 34 heavy (non-hydrogen) atoms. The maximum absolute atomic E-state index is 12.7. The third-order valence-electron chi connectivity index (χ3n) is 5.21. The van der Waals surface area contributed by atoms with Gasteiger partial charge in [0.15, 0.2) is 11.0 Å². The van der Waals surface area contributed by atoms with Crippen LogP contribution in [-0.2, 0) is 17.9 Å². The molecule has 2 amide bonds. The van der Waals surface area contributed by atoms with Crippen molar-refractivity contribution >= 4 is 29.3 Å². The molecule has 0 spiro atoms. The summed E-state index contributed by atoms with van der Waals surface area (Å²) in [6.45, 7) is 4.93. The topological polar surface area (TPSA) is 102 Å². The number of para-hydroxylation sites is 1. The predicted molar refractivity (Wildman–Crippen MR) is 132 cm³/mol. The first-order valence-electron chi connectivity index (χ1n) is 10.9. The molecule has 174 valence electrons. The van der Waals surface area contributed by atoms with E-state index in [9.17, 15) is 9.59 Å². The largest absolute Gasteiger partial charge is 0.469 e. The van der Waals surface area contributed by atoms with E-state index in [0.29, 0.717) is 35.3 Å². The quantitative estimate of drug-likeness (QED) is 0.345. The van der Waals surface area contributed by atoms with Crippen molar-refractivity contribution in [3.63, 3.8) is 0 Å². The van der Waals surface area contributed by atoms with Crippen LogP contribution in [0.15, 0.2) is 76.5 Å². The van der Waals surface area contributed by atoms with Gasteiger partial charge in [-0.05, 0) is 37.6 Å². The Morgan fingerprint density at radius 1 is 1.03 bits per heavy atom. The SMILES string of the molecule is CCn1c(SCC(=O)Nc2ccccc2C(=O)NCc2ccccc2)nnc1-c1ccoc1C. The molecule has 0 fully saturated rings. The molecule has 4 rings (SSSR count). The van der Waals surface area contributed by atoms with Crippen molar-refractivity contribution in [2.24, 2.45) is 0 Å². The number of hydrogen-bond acceptors (Lipinski definition) is 6. The van der Waals surface area contributed by atoms with E-state index >= 15 is 0 Å². The first-order chi connectivity index (χ1) is 16.6. The number of hydrogen-bond donors (Lipinski definition) is 2. The predicted octanol–water partition coefficient (Wildman–Crippen LogP) is 4.53. The molecule has 0 saturated heterocycles. The summed E-state index contributed by atoms with van der Waals surface area (Å²) < 4.78 is 7.33. The number of aromatic nitrogens is 3. The number of furan rings is 1. The van der Waals surface area contributed by atoms with Crippen LogP contribution in [0.4, 0.5) is 5.69 Å². The van der Waals surface area contributed by atoms with Crippen LogP contribution >= 0.6 is 11.8 Å². The number of rotatable bonds is 9. The minimum atomic E-state index is -0.252. The van der Waals surface area contributed by atoms with E-state index in [4.69, 9.17) is 4.42 Å². The molecule has 0 atom stereocenters. The number of aryl methyl sites for hydroxylation is 1. The number of nitrogens with one attached hydrogen (secondary N) is 2. The molecule has 8 nitrogen and oxygen atoms in total. The molecular formula is C25H25N5O3S. The third kappa shape index (κ3) is 5.37. The van der Waals surface area contributed by atoms with E-state index in [1.807, 2.05) is 54.8 Å². The van der Waals surface area contributed by atoms with E-state index in [1.54, 1.807) is 30.5 Å². The van der Waals surface area contributed by atoms with Crippen LogP contribution in [0, 0.1) is 6.92 Å². The van der Waals surface area contributed by atoms with Crippen molar-refractivity contribution in [3.05, 3.63) is 83.8 Å². The van der Waals surface area contributed by atoms with Crippen LogP contribution in [0.3, 0.4) is 0 Å². The highest BCUT2D eigenvalue weighted by Crippen LogP contribution is 2.27. The van der Waals surface area contributed by atoms with Crippen molar-refractivity contribution in [3.8, 4) is 11.4 Å². The Balaban J connectivity index is 1.39. The van der Waals surface area contributed by atoms with Gasteiger partial charge in [-0.2, -0.15) is 0 Å². The van der Waals surface area contributed by atoms with E-state index < -0.39 is 0 Å². The van der Waals surface area contributed by atoms with Gasteiger partial charge in [-0.1, -0.05) is 54.2 Å². The number of anilines is 1. The van der Waals surface area contributed by atoms with Gasteiger partial charge in [-0.25, -0.2) is 0 Å². The lowest BCUT2D eigenvalue weighted by Crippen LogP contribution is -2.25. The van der Waals surface area contributed by atoms with Gasteiger partial charge in [-0.15, -0.1) is 10.2 Å². The molecular weight excluding hydrogens is 450 g/mol. The van der Waals surface area contributed by atoms with Gasteiger partial charge in [-0.3, -0.25) is 9.59 Å². The molecule has 0 aliphatic carbocycles. The summed E-state index contributed by atoms with van der Waals surface area (Å²) in [6, 6.07) is 18.5. The normalized spacial score (nSPS) is 10.8. The standard InChI is InChI=1S/C25H25N5O3S/c1-3-30-23(19-13-14-33-17(19)2)28-29-25(30)34-16-22(31)27-21-12-8-7-11-20(21)24(32)26-15-18-9-5-4-6-10-18/h4-14H,3,15-16H2,1-2H3,(H,26,32)(H,27,31). The summed E-state index contributed by atoms with van der Waals surface area (Å²) in [4.78, 5) is 25.4. The van der Waals surface area contributed by atoms with Gasteiger partial charge in [0.1, 0.15) is 5.76 Å². The summed E-state index contributed by atoms with van der Waals surface area (Å²) in [5, 5.41) is 14.9. The lowest BCUT2D eigenvalue weighted by molar-refractivity contribution is -0.113. The summed E-state index contributed by atoms with van der Waals surface area (Å²) in [5.41, 5.74) is 2.75. The zero-order chi connectivity index (χ0) is 23.9. The maximum Gasteiger partial charge on any atom is 0.253 e. The van der Waals surface area contributed by atoms with Gasteiger partial charge < -0.3 is 19.6 Å². The van der Waals surface area contributed by atoms with Crippen molar-refractivity contribution in [2.75, 3.05) is 11.1 Å². The van der Waals surface area contributed by atoms with Crippen molar-refractivity contribution < 1.29 is 14.0 Å². The molecule has 2 heterocycles. The summed E-state index contributed by atoms with van der Waals surface area (Å²) >= 11 is 1.29. The number of amides is 2. The van der Waals surface area contributed by atoms with Crippen LogP contribution in [0.25, 0.3) is 11.4 Å². The molecule has 9 heteroatoms. The third-order valence-corrected chi connectivity index (χ3v) is 6.17. The zero-order valence-electron chi connectivity index (χ0n) is 18.9. The van der Waals surface area contributed by atoms with Crippen LogP contribution in [-0.4, -0.2) is 32.3 Å². The fourth-order valence-corrected chi connectivity index (χ4v) is 4.28. The fraction of sp³-hybridized carbons (Fsp3) is 0.200. The Hall–Kier alpha value is -3.85. The monoisotopic (exact) mass is 475 g/mol. The second-order valence-electron chi connectivity index (χ2n) is 7.49. The number of nitrogens with zero attached hydrogens (tertiary/aromatic N) is 3. The number of carbonyl (C=O) groups excluding carboxylic acids is 2. The lowest BCUT2D eigenvalue weighted by atomic mass is 10.1. The molecule has 0 bridgehead atoms. The van der Waals surface area contributed by atoms with E-state index in [0.717, 1.165) is 16.9 Å². The second kappa shape index (κ2) is 10.8. The molecule has 0 aliphatic rings. The average molecular weight is 476 g/mol. The highest BCUT2D eigenvalue weighted by molar-refractivity contribution is 7.99. The Bertz CT molecular complexity index is 1280. The summed E-state index contributed by atoms with van der Waals surface area (Å²) in [7, 11) is 0. The van der Waals surface area contributed by atoms with Crippen molar-refractivity contribution in [2.45, 2.75) is 32.1 Å². The molecule has 0 radical (unpaired) electrons. The number of thioether (sulfide) groups is 1. The zero-order valence-corrected chi connectivity index (χ0v) is 19.8. The van der Waals surface area contributed by atoms with Crippen LogP contribution < -0.4 is 10.6 Å². The molecule has 2 aromatic heterocycles. The van der Waals surface area contributed by atoms with E-state index in [-0.39, 0.29) is 17.6 Å². The van der Waals surface area contributed by atoms with Crippen molar-refractivity contribution in [1.82, 2.24) is 20.1 Å². The Labute approximate surface area is 201 Å². The minimum absolute atomic E-state index is 0.127. The summed E-state index contributed by atoms with van der Waals surface area (Å²) in [5.74, 6) is 1.11. The van der Waals surface area contributed by atoms with E-state index in [2.05, 4.69) is 20.8 Å². The molecule has 2 N–H and O–H groups in total. The fourth-order valence-electron chi connectivity index (χ4n) is 3.48. The molecule has 0 unspecified atom stereocenters. The Morgan fingerprint density at radius 3 is 2.53 bits per heavy atom. The first kappa shape index (κ1) is 23.3. The van der Waals surface area contributed by atoms with Crippen molar-refractivity contribution in [1.29, 1.82) is 0 Å². The second-order valence-corrected chi connectivity index (χ2v) is 8.43. The van der Waals surface area contributed by atoms with Gasteiger partial charge in [0.05, 0.1) is 28.8 Å². The van der Waals surface area contributed by atoms with Gasteiger partial charge in [0.2, 0.25) is 5.91 Å². The van der Waals surface area contributed by atoms with Gasteiger partial charge >= 0.3 is 0 Å². The molecule has 0 aliphatic heterocycles. The highest BCUT2D eigenvalue weighted by atomic mass is 32.2. The Kier molecular flexibility index (Phi) is 7.44. The Morgan fingerprint density at radius 2 is 1.79 bits per heavy atom. The number of carbonyl (C=O) groups is 2. The first-order valence-corrected chi connectivity index (χ1v) is 11.9. The molecule has 0 saturated carbocycles. The van der Waals surface area contributed by atoms with Crippen LogP contribution in [0.5, 0.6) is 0 Å². The highest BCUT2D eigenvalue weighted by Gasteiger charge is 2.18. The smallest absolute Gasteiger partial charge is 0.253 e. The molecule has 4 aromatic rings. The summed E-state index contributed by atoms with van der Waals surface area (Å²) in [6.07, 6.45) is 1.62. The minimum Gasteiger partial charge on any atom is -0.469 e. The van der Waals surface area contributed by atoms with Gasteiger partial charge in [0.25, 0.3) is 5.91 Å². The van der Waals surface area contributed by atoms with Crippen LogP contribution in [0.1, 0.15) is 28.6 Å². The molecule has 2 aromatic carbocycles. The van der Waals surface area contributed by atoms with E-state index in [1.165, 1.54) is 11.8 Å². The van der Waals surface area contributed by atoms with Crippen LogP contribution in [0.2, 0.25) is 0 Å². The van der Waals surface area contributed by atoms with Gasteiger partial charge in [0, 0.05) is 13.1 Å². The number of benzene rings is 2. The average Bonchev–Trinajstić information content (AvgIpc) is 3.47. The maximum atomic E-state index is 12.7.